The van der Waals surface area contributed by atoms with Crippen molar-refractivity contribution in [1.82, 2.24) is 10.2 Å². The normalized spacial score (nSPS) is 18.6. The molecule has 0 radical (unpaired) electrons. The molecule has 5 nitrogen and oxygen atoms in total. The maximum absolute atomic E-state index is 14.4. The third-order valence-electron chi connectivity index (χ3n) is 4.16. The number of hydrogen-bond donors (Lipinski definition) is 1. The van der Waals surface area contributed by atoms with Crippen molar-refractivity contribution >= 4 is 23.3 Å². The van der Waals surface area contributed by atoms with Crippen LogP contribution in [0.25, 0.3) is 0 Å². The van der Waals surface area contributed by atoms with Crippen LogP contribution in [-0.4, -0.2) is 42.3 Å². The van der Waals surface area contributed by atoms with Gasteiger partial charge in [0.05, 0.1) is 36.4 Å². The molecular formula is C18H22F2N2O3S. The van der Waals surface area contributed by atoms with Gasteiger partial charge in [-0.25, -0.2) is 13.6 Å². The minimum atomic E-state index is -1.08. The van der Waals surface area contributed by atoms with Crippen LogP contribution in [0.5, 0.6) is 0 Å². The predicted molar refractivity (Wildman–Crippen MR) is 97.3 cm³/mol. The van der Waals surface area contributed by atoms with Crippen molar-refractivity contribution in [3.05, 3.63) is 46.7 Å². The highest BCUT2D eigenvalue weighted by atomic mass is 32.1. The van der Waals surface area contributed by atoms with Crippen LogP contribution in [0, 0.1) is 11.6 Å². The number of carbonyl (C=O) groups excluding carboxylic acids is 1. The van der Waals surface area contributed by atoms with Gasteiger partial charge in [-0.3, -0.25) is 0 Å². The number of nitrogens with zero attached hydrogens (tertiary/aromatic N) is 1. The van der Waals surface area contributed by atoms with E-state index in [0.29, 0.717) is 12.3 Å². The zero-order chi connectivity index (χ0) is 19.4. The first-order valence-electron chi connectivity index (χ1n) is 8.23. The van der Waals surface area contributed by atoms with Crippen molar-refractivity contribution in [1.29, 1.82) is 0 Å². The molecule has 1 heterocycles. The van der Waals surface area contributed by atoms with Crippen LogP contribution in [0.4, 0.5) is 8.78 Å². The van der Waals surface area contributed by atoms with Crippen molar-refractivity contribution in [2.24, 2.45) is 0 Å². The van der Waals surface area contributed by atoms with Gasteiger partial charge in [-0.15, -0.1) is 0 Å². The Morgan fingerprint density at radius 2 is 2.00 bits per heavy atom. The molecule has 8 heteroatoms. The first-order chi connectivity index (χ1) is 12.3. The number of hydrogen-bond acceptors (Lipinski definition) is 4. The van der Waals surface area contributed by atoms with Gasteiger partial charge in [0.15, 0.2) is 5.11 Å². The summed E-state index contributed by atoms with van der Waals surface area (Å²) in [6.45, 7) is 5.71. The van der Waals surface area contributed by atoms with Gasteiger partial charge in [-0.05, 0) is 45.1 Å². The number of halogens is 2. The maximum atomic E-state index is 14.4. The average Bonchev–Trinajstić information content (AvgIpc) is 2.54. The van der Waals surface area contributed by atoms with Gasteiger partial charge in [0.2, 0.25) is 0 Å². The van der Waals surface area contributed by atoms with Crippen molar-refractivity contribution in [3.8, 4) is 0 Å². The molecule has 2 rings (SSSR count). The van der Waals surface area contributed by atoms with Crippen molar-refractivity contribution in [2.75, 3.05) is 20.3 Å². The number of thiocarbonyl (C=S) groups is 1. The molecule has 1 aromatic carbocycles. The number of ether oxygens (including phenoxy) is 2. The lowest BCUT2D eigenvalue weighted by Crippen LogP contribution is -2.52. The molecule has 0 unspecified atom stereocenters. The van der Waals surface area contributed by atoms with E-state index in [1.165, 1.54) is 6.07 Å². The zero-order valence-electron chi connectivity index (χ0n) is 15.1. The minimum absolute atomic E-state index is 0.118. The summed E-state index contributed by atoms with van der Waals surface area (Å²) in [5.74, 6) is -2.18. The van der Waals surface area contributed by atoms with E-state index in [4.69, 9.17) is 21.7 Å². The Kier molecular flexibility index (Phi) is 6.66. The van der Waals surface area contributed by atoms with Crippen molar-refractivity contribution in [3.63, 3.8) is 0 Å². The third-order valence-corrected chi connectivity index (χ3v) is 4.47. The number of esters is 1. The molecule has 0 aliphatic carbocycles. The molecule has 0 fully saturated rings. The fraction of sp³-hybridized carbons (Fsp3) is 0.444. The molecule has 0 saturated heterocycles. The minimum Gasteiger partial charge on any atom is -0.463 e. The van der Waals surface area contributed by atoms with E-state index in [2.05, 4.69) is 5.32 Å². The van der Waals surface area contributed by atoms with Gasteiger partial charge in [-0.2, -0.15) is 0 Å². The van der Waals surface area contributed by atoms with Crippen LogP contribution in [0.2, 0.25) is 0 Å². The number of rotatable bonds is 6. The Balaban J connectivity index is 2.62. The summed E-state index contributed by atoms with van der Waals surface area (Å²) in [4.78, 5) is 14.3. The van der Waals surface area contributed by atoms with Crippen LogP contribution >= 0.6 is 12.2 Å². The highest BCUT2D eigenvalue weighted by Gasteiger charge is 2.38. The summed E-state index contributed by atoms with van der Waals surface area (Å²) in [6, 6.07) is 2.29. The summed E-state index contributed by atoms with van der Waals surface area (Å²) in [6.07, 6.45) is 0. The lowest BCUT2D eigenvalue weighted by molar-refractivity contribution is -0.139. The SMILES string of the molecule is CCOC(=O)C1=C(C)N([C@H](C)COC)C(=S)N[C@H]1c1c(F)cccc1F. The van der Waals surface area contributed by atoms with Gasteiger partial charge in [0.25, 0.3) is 0 Å². The van der Waals surface area contributed by atoms with Gasteiger partial charge in [0, 0.05) is 12.8 Å². The summed E-state index contributed by atoms with van der Waals surface area (Å²) in [5, 5.41) is 3.14. The van der Waals surface area contributed by atoms with Crippen LogP contribution in [0.3, 0.4) is 0 Å². The van der Waals surface area contributed by atoms with E-state index in [-0.39, 0.29) is 28.9 Å². The Hall–Kier alpha value is -2.06. The lowest BCUT2D eigenvalue weighted by atomic mass is 9.93. The van der Waals surface area contributed by atoms with E-state index in [1.54, 1.807) is 25.9 Å². The molecule has 0 saturated carbocycles. The molecule has 0 aromatic heterocycles. The number of methoxy groups -OCH3 is 1. The standard InChI is InChI=1S/C18H22F2N2O3S/c1-5-25-17(23)14-11(3)22(10(2)9-24-4)18(26)21-16(14)15-12(19)7-6-8-13(15)20/h6-8,10,16H,5,9H2,1-4H3,(H,21,26)/t10-,16-/m1/s1. The quantitative estimate of drug-likeness (QED) is 0.601. The second-order valence-corrected chi connectivity index (χ2v) is 6.30. The summed E-state index contributed by atoms with van der Waals surface area (Å²) in [5.41, 5.74) is 0.327. The number of nitrogens with one attached hydrogen (secondary N) is 1. The van der Waals surface area contributed by atoms with Gasteiger partial charge in [0.1, 0.15) is 11.6 Å². The average molecular weight is 384 g/mol. The molecule has 0 amide bonds. The Morgan fingerprint density at radius 3 is 2.54 bits per heavy atom. The summed E-state index contributed by atoms with van der Waals surface area (Å²) in [7, 11) is 1.56. The van der Waals surface area contributed by atoms with E-state index < -0.39 is 23.6 Å². The van der Waals surface area contributed by atoms with Crippen LogP contribution in [0.1, 0.15) is 32.4 Å². The Morgan fingerprint density at radius 1 is 1.38 bits per heavy atom. The van der Waals surface area contributed by atoms with Gasteiger partial charge in [-0.1, -0.05) is 6.07 Å². The molecule has 142 valence electrons. The van der Waals surface area contributed by atoms with Gasteiger partial charge < -0.3 is 19.7 Å². The van der Waals surface area contributed by atoms with Crippen molar-refractivity contribution < 1.29 is 23.0 Å². The maximum Gasteiger partial charge on any atom is 0.338 e. The first kappa shape index (κ1) is 20.3. The van der Waals surface area contributed by atoms with Crippen LogP contribution in [-0.2, 0) is 14.3 Å². The van der Waals surface area contributed by atoms with Crippen LogP contribution < -0.4 is 5.32 Å². The van der Waals surface area contributed by atoms with E-state index in [1.807, 2.05) is 6.92 Å². The molecule has 2 atom stereocenters. The highest BCUT2D eigenvalue weighted by Crippen LogP contribution is 2.34. The van der Waals surface area contributed by atoms with Gasteiger partial charge >= 0.3 is 5.97 Å². The largest absolute Gasteiger partial charge is 0.463 e. The first-order valence-corrected chi connectivity index (χ1v) is 8.64. The Bertz CT molecular complexity index is 719. The van der Waals surface area contributed by atoms with Crippen LogP contribution in [0.15, 0.2) is 29.5 Å². The fourth-order valence-corrected chi connectivity index (χ4v) is 3.51. The molecule has 1 aliphatic heterocycles. The topological polar surface area (TPSA) is 50.8 Å². The van der Waals surface area contributed by atoms with Crippen molar-refractivity contribution in [2.45, 2.75) is 32.9 Å². The van der Waals surface area contributed by atoms with E-state index in [0.717, 1.165) is 12.1 Å². The molecule has 0 spiro atoms. The third kappa shape index (κ3) is 3.86. The second-order valence-electron chi connectivity index (χ2n) is 5.91. The molecule has 26 heavy (non-hydrogen) atoms. The monoisotopic (exact) mass is 384 g/mol. The number of carbonyl (C=O) groups is 1. The Labute approximate surface area is 157 Å². The number of benzene rings is 1. The summed E-state index contributed by atoms with van der Waals surface area (Å²) >= 11 is 5.39. The molecule has 0 bridgehead atoms. The van der Waals surface area contributed by atoms with E-state index in [9.17, 15) is 13.6 Å². The molecular weight excluding hydrogens is 362 g/mol. The number of allylic oxidation sites excluding steroid dienone is 1. The molecule has 1 N–H and O–H groups in total. The highest BCUT2D eigenvalue weighted by molar-refractivity contribution is 7.80. The zero-order valence-corrected chi connectivity index (χ0v) is 16.0. The fourth-order valence-electron chi connectivity index (χ4n) is 3.08. The second kappa shape index (κ2) is 8.55. The lowest BCUT2D eigenvalue weighted by Gasteiger charge is -2.40. The predicted octanol–water partition coefficient (Wildman–Crippen LogP) is 3.07. The summed E-state index contributed by atoms with van der Waals surface area (Å²) < 4.78 is 39.0. The smallest absolute Gasteiger partial charge is 0.338 e. The molecule has 1 aliphatic rings. The van der Waals surface area contributed by atoms with E-state index >= 15 is 0 Å². The molecule has 1 aromatic rings.